The first-order valence-corrected chi connectivity index (χ1v) is 8.63. The van der Waals surface area contributed by atoms with Crippen molar-refractivity contribution >= 4 is 23.7 Å². The Morgan fingerprint density at radius 1 is 1.17 bits per heavy atom. The van der Waals surface area contributed by atoms with Crippen molar-refractivity contribution in [2.75, 3.05) is 6.54 Å². The maximum atomic E-state index is 12.5. The van der Waals surface area contributed by atoms with Crippen LogP contribution in [0.25, 0.3) is 0 Å². The van der Waals surface area contributed by atoms with Crippen molar-refractivity contribution in [3.8, 4) is 11.5 Å². The molecule has 0 heterocycles. The summed E-state index contributed by atoms with van der Waals surface area (Å²) in [6, 6.07) is 0.916. The highest BCUT2D eigenvalue weighted by Gasteiger charge is 2.30. The predicted octanol–water partition coefficient (Wildman–Crippen LogP) is -1.80. The molecule has 10 N–H and O–H groups in total. The third kappa shape index (κ3) is 7.18. The smallest absolute Gasteiger partial charge is 0.328 e. The summed E-state index contributed by atoms with van der Waals surface area (Å²) in [5, 5.41) is 42.5. The summed E-state index contributed by atoms with van der Waals surface area (Å²) in [5.41, 5.74) is 10.2. The van der Waals surface area contributed by atoms with Crippen molar-refractivity contribution in [3.05, 3.63) is 23.8 Å². The Balaban J connectivity index is 2.98. The molecular weight excluding hydrogens is 386 g/mol. The number of aliphatic carboxylic acids is 1. The van der Waals surface area contributed by atoms with Gasteiger partial charge in [0.1, 0.15) is 6.04 Å². The van der Waals surface area contributed by atoms with Crippen LogP contribution in [0, 0.1) is 0 Å². The molecule has 1 aromatic rings. The number of benzene rings is 1. The number of carbonyl (C=O) groups excluding carboxylic acids is 2. The molecule has 2 amide bonds. The number of phenolic OH excluding ortho intramolecular Hbond substituents is 2. The van der Waals surface area contributed by atoms with Gasteiger partial charge in [0.15, 0.2) is 23.5 Å². The molecule has 0 aliphatic carbocycles. The monoisotopic (exact) mass is 411 g/mol. The van der Waals surface area contributed by atoms with Crippen molar-refractivity contribution in [2.24, 2.45) is 16.5 Å². The average molecular weight is 411 g/mol. The number of aromatic hydroxyl groups is 2. The average Bonchev–Trinajstić information content (AvgIpc) is 2.63. The molecule has 0 saturated heterocycles. The van der Waals surface area contributed by atoms with Gasteiger partial charge in [0, 0.05) is 6.54 Å². The number of nitrogens with one attached hydrogen (secondary N) is 2. The van der Waals surface area contributed by atoms with Gasteiger partial charge in [0.05, 0.1) is 11.7 Å². The fourth-order valence-electron chi connectivity index (χ4n) is 2.37. The molecule has 0 bridgehead atoms. The summed E-state index contributed by atoms with van der Waals surface area (Å²) in [5.74, 6) is -4.53. The van der Waals surface area contributed by atoms with E-state index in [4.69, 9.17) is 16.6 Å². The van der Waals surface area contributed by atoms with Crippen LogP contribution in [-0.2, 0) is 9.59 Å². The fourth-order valence-corrected chi connectivity index (χ4v) is 2.37. The van der Waals surface area contributed by atoms with Crippen molar-refractivity contribution in [1.29, 1.82) is 0 Å². The molecule has 0 aliphatic rings. The number of aliphatic hydroxyl groups excluding tert-OH is 1. The second kappa shape index (κ2) is 10.7. The van der Waals surface area contributed by atoms with Crippen LogP contribution in [0.3, 0.4) is 0 Å². The lowest BCUT2D eigenvalue weighted by atomic mass is 10.1. The van der Waals surface area contributed by atoms with E-state index in [0.717, 1.165) is 0 Å². The van der Waals surface area contributed by atoms with Crippen LogP contribution in [0.1, 0.15) is 30.1 Å². The number of para-hydroxylation sites is 1. The number of carboxylic acids is 1. The number of rotatable bonds is 10. The van der Waals surface area contributed by atoms with E-state index in [2.05, 4.69) is 15.6 Å². The third-order valence-electron chi connectivity index (χ3n) is 3.87. The molecule has 29 heavy (non-hydrogen) atoms. The molecule has 12 nitrogen and oxygen atoms in total. The zero-order valence-corrected chi connectivity index (χ0v) is 15.7. The maximum Gasteiger partial charge on any atom is 0.328 e. The van der Waals surface area contributed by atoms with Crippen LogP contribution in [0.2, 0.25) is 0 Å². The Bertz CT molecular complexity index is 777. The molecule has 3 atom stereocenters. The highest BCUT2D eigenvalue weighted by Crippen LogP contribution is 2.28. The number of guanidine groups is 1. The predicted molar refractivity (Wildman–Crippen MR) is 102 cm³/mol. The van der Waals surface area contributed by atoms with Crippen LogP contribution >= 0.6 is 0 Å². The molecular formula is C17H25N5O7. The molecule has 0 fully saturated rings. The number of nitrogens with zero attached hydrogens (tertiary/aromatic N) is 1. The zero-order chi connectivity index (χ0) is 22.1. The minimum absolute atomic E-state index is 0.0279. The van der Waals surface area contributed by atoms with E-state index < -0.39 is 47.5 Å². The van der Waals surface area contributed by atoms with Crippen LogP contribution in [-0.4, -0.2) is 68.9 Å². The minimum Gasteiger partial charge on any atom is -0.504 e. The molecule has 0 aliphatic heterocycles. The summed E-state index contributed by atoms with van der Waals surface area (Å²) < 4.78 is 0. The van der Waals surface area contributed by atoms with E-state index in [0.29, 0.717) is 0 Å². The Labute approximate surface area is 166 Å². The largest absolute Gasteiger partial charge is 0.504 e. The normalized spacial score (nSPS) is 13.6. The van der Waals surface area contributed by atoms with Gasteiger partial charge < -0.3 is 42.5 Å². The molecule has 1 aromatic carbocycles. The number of carbonyl (C=O) groups is 3. The van der Waals surface area contributed by atoms with Gasteiger partial charge in [-0.3, -0.25) is 14.6 Å². The van der Waals surface area contributed by atoms with Crippen LogP contribution in [0.15, 0.2) is 23.2 Å². The van der Waals surface area contributed by atoms with E-state index in [9.17, 15) is 29.7 Å². The molecule has 0 radical (unpaired) electrons. The summed E-state index contributed by atoms with van der Waals surface area (Å²) >= 11 is 0. The molecule has 0 unspecified atom stereocenters. The first-order valence-electron chi connectivity index (χ1n) is 8.63. The van der Waals surface area contributed by atoms with Crippen molar-refractivity contribution in [3.63, 3.8) is 0 Å². The first-order chi connectivity index (χ1) is 13.5. The standard InChI is InChI=1S/C17H25N5O7/c1-8(23)12(16(28)29)22-15(27)10(5-3-7-20-17(18)19)21-14(26)9-4-2-6-11(24)13(9)25/h2,4,6,8,10,12,23-25H,3,5,7H2,1H3,(H,21,26)(H,22,27)(H,28,29)(H4,18,19,20)/t8-,10-,12-/m0/s1. The Morgan fingerprint density at radius 2 is 1.83 bits per heavy atom. The Hall–Kier alpha value is -3.54. The van der Waals surface area contributed by atoms with Crippen LogP contribution in [0.5, 0.6) is 11.5 Å². The number of nitrogens with two attached hydrogens (primary N) is 2. The molecule has 1 rings (SSSR count). The second-order valence-electron chi connectivity index (χ2n) is 6.21. The highest BCUT2D eigenvalue weighted by atomic mass is 16.4. The zero-order valence-electron chi connectivity index (χ0n) is 15.7. The summed E-state index contributed by atoms with van der Waals surface area (Å²) in [7, 11) is 0. The van der Waals surface area contributed by atoms with Gasteiger partial charge in [-0.2, -0.15) is 0 Å². The Morgan fingerprint density at radius 3 is 2.38 bits per heavy atom. The van der Waals surface area contributed by atoms with Crippen LogP contribution in [0.4, 0.5) is 0 Å². The topological polar surface area (TPSA) is 221 Å². The van der Waals surface area contributed by atoms with Gasteiger partial charge >= 0.3 is 5.97 Å². The fraction of sp³-hybridized carbons (Fsp3) is 0.412. The lowest BCUT2D eigenvalue weighted by Gasteiger charge is -2.23. The number of hydrogen-bond acceptors (Lipinski definition) is 7. The first kappa shape index (κ1) is 23.5. The number of amides is 2. The molecule has 0 aromatic heterocycles. The Kier molecular flexibility index (Phi) is 8.68. The SMILES string of the molecule is C[C@H](O)[C@H](NC(=O)[C@H](CCCN=C(N)N)NC(=O)c1cccc(O)c1O)C(=O)O. The third-order valence-corrected chi connectivity index (χ3v) is 3.87. The molecule has 0 saturated carbocycles. The van der Waals surface area contributed by atoms with E-state index in [1.807, 2.05) is 0 Å². The second-order valence-corrected chi connectivity index (χ2v) is 6.21. The highest BCUT2D eigenvalue weighted by molar-refractivity contribution is 6.00. The van der Waals surface area contributed by atoms with E-state index in [1.54, 1.807) is 0 Å². The summed E-state index contributed by atoms with van der Waals surface area (Å²) in [6.07, 6.45) is -1.10. The van der Waals surface area contributed by atoms with Gasteiger partial charge in [0.2, 0.25) is 5.91 Å². The van der Waals surface area contributed by atoms with E-state index in [1.165, 1.54) is 25.1 Å². The number of aliphatic hydroxyl groups is 1. The molecule has 160 valence electrons. The quantitative estimate of drug-likeness (QED) is 0.0940. The van der Waals surface area contributed by atoms with Gasteiger partial charge in [-0.05, 0) is 31.9 Å². The summed E-state index contributed by atoms with van der Waals surface area (Å²) in [6.45, 7) is 1.34. The molecule has 12 heteroatoms. The minimum atomic E-state index is -1.59. The lowest BCUT2D eigenvalue weighted by molar-refractivity contribution is -0.145. The van der Waals surface area contributed by atoms with E-state index in [-0.39, 0.29) is 30.9 Å². The summed E-state index contributed by atoms with van der Waals surface area (Å²) in [4.78, 5) is 39.9. The van der Waals surface area contributed by atoms with Gasteiger partial charge in [0.25, 0.3) is 5.91 Å². The number of carboxylic acid groups (broad SMARTS) is 1. The number of hydrogen-bond donors (Lipinski definition) is 8. The van der Waals surface area contributed by atoms with Crippen molar-refractivity contribution in [2.45, 2.75) is 38.0 Å². The van der Waals surface area contributed by atoms with E-state index >= 15 is 0 Å². The van der Waals surface area contributed by atoms with Crippen LogP contribution < -0.4 is 22.1 Å². The van der Waals surface area contributed by atoms with Gasteiger partial charge in [-0.25, -0.2) is 4.79 Å². The molecule has 0 spiro atoms. The van der Waals surface area contributed by atoms with Gasteiger partial charge in [-0.15, -0.1) is 0 Å². The maximum absolute atomic E-state index is 12.5. The van der Waals surface area contributed by atoms with Crippen molar-refractivity contribution < 1.29 is 34.8 Å². The lowest BCUT2D eigenvalue weighted by Crippen LogP contribution is -2.54. The number of aliphatic imine (C=N–C) groups is 1. The number of phenols is 2. The van der Waals surface area contributed by atoms with Crippen molar-refractivity contribution in [1.82, 2.24) is 10.6 Å². The van der Waals surface area contributed by atoms with Gasteiger partial charge in [-0.1, -0.05) is 6.07 Å².